The molecule has 29 heavy (non-hydrogen) atoms. The summed E-state index contributed by atoms with van der Waals surface area (Å²) in [6.45, 7) is 2.86. The standard InChI is InChI=1S/C24H28N2O3/c27-23(18-7-2-1-3-8-18)25-21-13-11-19(12-14-21)24(28)29-17-20-9-6-16-26-15-5-4-10-22(20)26/h1-3,7-8,11-14,20,22H,4-6,9-10,15-17H2,(H,25,27)/t20-,22+/m1/s1. The summed E-state index contributed by atoms with van der Waals surface area (Å²) in [5, 5.41) is 2.84. The van der Waals surface area contributed by atoms with Crippen molar-refractivity contribution in [2.24, 2.45) is 5.92 Å². The predicted molar refractivity (Wildman–Crippen MR) is 113 cm³/mol. The second-order valence-corrected chi connectivity index (χ2v) is 8.00. The normalized spacial score (nSPS) is 21.8. The van der Waals surface area contributed by atoms with E-state index in [1.54, 1.807) is 36.4 Å². The van der Waals surface area contributed by atoms with E-state index in [0.717, 1.165) is 6.42 Å². The highest BCUT2D eigenvalue weighted by molar-refractivity contribution is 6.04. The first kappa shape index (κ1) is 19.6. The van der Waals surface area contributed by atoms with E-state index >= 15 is 0 Å². The van der Waals surface area contributed by atoms with E-state index in [9.17, 15) is 9.59 Å². The fourth-order valence-electron chi connectivity index (χ4n) is 4.52. The van der Waals surface area contributed by atoms with Gasteiger partial charge in [0.15, 0.2) is 0 Å². The van der Waals surface area contributed by atoms with Crippen molar-refractivity contribution >= 4 is 17.6 Å². The molecule has 0 unspecified atom stereocenters. The van der Waals surface area contributed by atoms with Gasteiger partial charge in [0, 0.05) is 23.2 Å². The zero-order chi connectivity index (χ0) is 20.1. The highest BCUT2D eigenvalue weighted by atomic mass is 16.5. The Labute approximate surface area is 172 Å². The zero-order valence-electron chi connectivity index (χ0n) is 16.7. The smallest absolute Gasteiger partial charge is 0.338 e. The number of benzene rings is 2. The Morgan fingerprint density at radius 3 is 2.45 bits per heavy atom. The van der Waals surface area contributed by atoms with Gasteiger partial charge in [-0.3, -0.25) is 9.69 Å². The molecule has 0 spiro atoms. The molecule has 5 nitrogen and oxygen atoms in total. The molecule has 0 saturated carbocycles. The minimum Gasteiger partial charge on any atom is -0.462 e. The van der Waals surface area contributed by atoms with E-state index < -0.39 is 0 Å². The van der Waals surface area contributed by atoms with Crippen LogP contribution in [0.1, 0.15) is 52.8 Å². The molecular formula is C24H28N2O3. The summed E-state index contributed by atoms with van der Waals surface area (Å²) in [5.74, 6) is -0.0217. The van der Waals surface area contributed by atoms with Gasteiger partial charge in [-0.1, -0.05) is 24.6 Å². The van der Waals surface area contributed by atoms with Crippen LogP contribution in [-0.2, 0) is 4.74 Å². The van der Waals surface area contributed by atoms with Gasteiger partial charge in [0.1, 0.15) is 0 Å². The number of fused-ring (bicyclic) bond motifs is 1. The third-order valence-corrected chi connectivity index (χ3v) is 6.07. The van der Waals surface area contributed by atoms with Crippen LogP contribution in [0, 0.1) is 5.92 Å². The number of anilines is 1. The average molecular weight is 392 g/mol. The monoisotopic (exact) mass is 392 g/mol. The van der Waals surface area contributed by atoms with Gasteiger partial charge in [-0.05, 0) is 75.2 Å². The Kier molecular flexibility index (Phi) is 6.25. The molecule has 2 saturated heterocycles. The first-order valence-electron chi connectivity index (χ1n) is 10.6. The maximum atomic E-state index is 12.5. The van der Waals surface area contributed by atoms with Crippen molar-refractivity contribution < 1.29 is 14.3 Å². The van der Waals surface area contributed by atoms with Gasteiger partial charge in [0.05, 0.1) is 12.2 Å². The van der Waals surface area contributed by atoms with Crippen molar-refractivity contribution in [3.05, 3.63) is 65.7 Å². The van der Waals surface area contributed by atoms with Gasteiger partial charge in [-0.2, -0.15) is 0 Å². The number of carbonyl (C=O) groups excluding carboxylic acids is 2. The highest BCUT2D eigenvalue weighted by Crippen LogP contribution is 2.31. The molecule has 2 aliphatic rings. The number of esters is 1. The van der Waals surface area contributed by atoms with Crippen LogP contribution in [0.4, 0.5) is 5.69 Å². The summed E-state index contributed by atoms with van der Waals surface area (Å²) >= 11 is 0. The Hall–Kier alpha value is -2.66. The number of nitrogens with zero attached hydrogens (tertiary/aromatic N) is 1. The molecule has 2 fully saturated rings. The number of ether oxygens (including phenoxy) is 1. The molecule has 0 aliphatic carbocycles. The third kappa shape index (κ3) is 4.85. The Morgan fingerprint density at radius 1 is 0.897 bits per heavy atom. The number of amides is 1. The van der Waals surface area contributed by atoms with Crippen molar-refractivity contribution in [2.75, 3.05) is 25.0 Å². The number of hydrogen-bond donors (Lipinski definition) is 1. The topological polar surface area (TPSA) is 58.6 Å². The molecule has 2 aliphatic heterocycles. The van der Waals surface area contributed by atoms with Gasteiger partial charge in [-0.25, -0.2) is 4.79 Å². The van der Waals surface area contributed by atoms with Crippen LogP contribution in [0.2, 0.25) is 0 Å². The second-order valence-electron chi connectivity index (χ2n) is 8.00. The van der Waals surface area contributed by atoms with Gasteiger partial charge in [0.25, 0.3) is 5.91 Å². The number of nitrogens with one attached hydrogen (secondary N) is 1. The summed E-state index contributed by atoms with van der Waals surface area (Å²) in [6.07, 6.45) is 6.11. The average Bonchev–Trinajstić information content (AvgIpc) is 2.78. The van der Waals surface area contributed by atoms with Crippen LogP contribution in [0.25, 0.3) is 0 Å². The molecule has 0 radical (unpaired) electrons. The van der Waals surface area contributed by atoms with Crippen LogP contribution < -0.4 is 5.32 Å². The largest absolute Gasteiger partial charge is 0.462 e. The van der Waals surface area contributed by atoms with Crippen LogP contribution in [0.15, 0.2) is 54.6 Å². The van der Waals surface area contributed by atoms with E-state index in [1.807, 2.05) is 18.2 Å². The number of hydrogen-bond acceptors (Lipinski definition) is 4. The molecule has 1 N–H and O–H groups in total. The zero-order valence-corrected chi connectivity index (χ0v) is 16.7. The van der Waals surface area contributed by atoms with Crippen molar-refractivity contribution in [2.45, 2.75) is 38.1 Å². The van der Waals surface area contributed by atoms with E-state index in [4.69, 9.17) is 4.74 Å². The Morgan fingerprint density at radius 2 is 1.66 bits per heavy atom. The molecule has 0 aromatic heterocycles. The second kappa shape index (κ2) is 9.23. The third-order valence-electron chi connectivity index (χ3n) is 6.07. The minimum absolute atomic E-state index is 0.171. The molecule has 4 rings (SSSR count). The van der Waals surface area contributed by atoms with Crippen LogP contribution in [-0.4, -0.2) is 42.5 Å². The van der Waals surface area contributed by atoms with Crippen LogP contribution >= 0.6 is 0 Å². The number of carbonyl (C=O) groups is 2. The molecule has 2 atom stereocenters. The van der Waals surface area contributed by atoms with Crippen molar-refractivity contribution in [1.29, 1.82) is 0 Å². The maximum Gasteiger partial charge on any atom is 0.338 e. The quantitative estimate of drug-likeness (QED) is 0.768. The van der Waals surface area contributed by atoms with Crippen molar-refractivity contribution in [1.82, 2.24) is 4.90 Å². The van der Waals surface area contributed by atoms with Crippen molar-refractivity contribution in [3.63, 3.8) is 0 Å². The SMILES string of the molecule is O=C(Nc1ccc(C(=O)OC[C@H]2CCCN3CCCC[C@@H]23)cc1)c1ccccc1. The predicted octanol–water partition coefficient (Wildman–Crippen LogP) is 4.36. The molecule has 5 heteroatoms. The maximum absolute atomic E-state index is 12.5. The molecule has 2 aromatic rings. The summed E-state index contributed by atoms with van der Waals surface area (Å²) in [6, 6.07) is 16.5. The molecule has 152 valence electrons. The number of rotatable bonds is 5. The lowest BCUT2D eigenvalue weighted by atomic mass is 9.84. The summed E-state index contributed by atoms with van der Waals surface area (Å²) < 4.78 is 5.65. The lowest BCUT2D eigenvalue weighted by Crippen LogP contribution is -2.49. The van der Waals surface area contributed by atoms with E-state index in [1.165, 1.54) is 38.8 Å². The summed E-state index contributed by atoms with van der Waals surface area (Å²) in [7, 11) is 0. The van der Waals surface area contributed by atoms with Gasteiger partial charge >= 0.3 is 5.97 Å². The van der Waals surface area contributed by atoms with Gasteiger partial charge in [-0.15, -0.1) is 0 Å². The van der Waals surface area contributed by atoms with Crippen molar-refractivity contribution in [3.8, 4) is 0 Å². The van der Waals surface area contributed by atoms with Gasteiger partial charge < -0.3 is 10.1 Å². The van der Waals surface area contributed by atoms with E-state index in [2.05, 4.69) is 10.2 Å². The highest BCUT2D eigenvalue weighted by Gasteiger charge is 2.33. The molecule has 2 aromatic carbocycles. The van der Waals surface area contributed by atoms with E-state index in [-0.39, 0.29) is 11.9 Å². The lowest BCUT2D eigenvalue weighted by Gasteiger charge is -2.44. The minimum atomic E-state index is -0.293. The first-order chi connectivity index (χ1) is 14.2. The first-order valence-corrected chi connectivity index (χ1v) is 10.6. The molecule has 0 bridgehead atoms. The van der Waals surface area contributed by atoms with Gasteiger partial charge in [0.2, 0.25) is 0 Å². The molecule has 2 heterocycles. The number of piperidine rings is 2. The lowest BCUT2D eigenvalue weighted by molar-refractivity contribution is 0.00739. The Bertz CT molecular complexity index is 833. The molecular weight excluding hydrogens is 364 g/mol. The van der Waals surface area contributed by atoms with Crippen LogP contribution in [0.5, 0.6) is 0 Å². The fourth-order valence-corrected chi connectivity index (χ4v) is 4.52. The molecule has 1 amide bonds. The van der Waals surface area contributed by atoms with Crippen LogP contribution in [0.3, 0.4) is 0 Å². The van der Waals surface area contributed by atoms with E-state index in [0.29, 0.717) is 35.4 Å². The fraction of sp³-hybridized carbons (Fsp3) is 0.417. The summed E-state index contributed by atoms with van der Waals surface area (Å²) in [5.41, 5.74) is 1.76. The summed E-state index contributed by atoms with van der Waals surface area (Å²) in [4.78, 5) is 27.3. The Balaban J connectivity index is 1.30.